The number of rotatable bonds is 1. The van der Waals surface area contributed by atoms with Crippen molar-refractivity contribution in [3.05, 3.63) is 28.8 Å². The molecule has 98 valence electrons. The highest BCUT2D eigenvalue weighted by molar-refractivity contribution is 7.99. The number of hydrogen-bond acceptors (Lipinski definition) is 3. The smallest absolute Gasteiger partial charge is 0.125 e. The van der Waals surface area contributed by atoms with Gasteiger partial charge in [-0.2, -0.15) is 11.8 Å². The van der Waals surface area contributed by atoms with Crippen LogP contribution in [0.3, 0.4) is 0 Å². The van der Waals surface area contributed by atoms with Gasteiger partial charge in [-0.15, -0.1) is 0 Å². The topological polar surface area (TPSA) is 21.3 Å². The van der Waals surface area contributed by atoms with E-state index in [1.807, 2.05) is 37.0 Å². The predicted molar refractivity (Wildman–Crippen MR) is 77.8 cm³/mol. The molecule has 1 N–H and O–H groups in total. The normalized spacial score (nSPS) is 30.9. The number of nitrogens with one attached hydrogen (secondary N) is 1. The Morgan fingerprint density at radius 1 is 1.50 bits per heavy atom. The average Bonchev–Trinajstić information content (AvgIpc) is 2.39. The zero-order valence-electron chi connectivity index (χ0n) is 10.5. The molecule has 2 atom stereocenters. The first-order valence-corrected chi connectivity index (χ1v) is 7.99. The van der Waals surface area contributed by atoms with Crippen LogP contribution in [0.4, 0.5) is 0 Å². The largest absolute Gasteiger partial charge is 0.486 e. The quantitative estimate of drug-likeness (QED) is 0.850. The zero-order valence-corrected chi connectivity index (χ0v) is 12.1. The number of halogens is 1. The summed E-state index contributed by atoms with van der Waals surface area (Å²) in [5.74, 6) is 3.38. The standard InChI is InChI=1S/C14H18ClNOS/c1-16-12-8-14(5-2-6-18-9-14)17-13-4-3-10(15)7-11(12)13/h3-4,7,12,16H,2,5-6,8-9H2,1H3. The molecular formula is C14H18ClNOS. The maximum Gasteiger partial charge on any atom is 0.125 e. The van der Waals surface area contributed by atoms with Crippen LogP contribution in [0.5, 0.6) is 5.75 Å². The minimum atomic E-state index is 0.0252. The van der Waals surface area contributed by atoms with E-state index in [1.54, 1.807) is 0 Å². The SMILES string of the molecule is CNC1CC2(CCCSC2)Oc2ccc(Cl)cc21. The Kier molecular flexibility index (Phi) is 3.48. The van der Waals surface area contributed by atoms with Crippen molar-refractivity contribution in [2.45, 2.75) is 30.9 Å². The van der Waals surface area contributed by atoms with Crippen molar-refractivity contribution < 1.29 is 4.74 Å². The fourth-order valence-electron chi connectivity index (χ4n) is 2.97. The molecule has 0 aromatic heterocycles. The van der Waals surface area contributed by atoms with E-state index in [9.17, 15) is 0 Å². The van der Waals surface area contributed by atoms with E-state index in [0.29, 0.717) is 6.04 Å². The number of ether oxygens (including phenoxy) is 1. The van der Waals surface area contributed by atoms with E-state index in [2.05, 4.69) is 5.32 Å². The summed E-state index contributed by atoms with van der Waals surface area (Å²) in [5, 5.41) is 4.19. The number of thioether (sulfide) groups is 1. The van der Waals surface area contributed by atoms with Crippen molar-refractivity contribution in [1.29, 1.82) is 0 Å². The van der Waals surface area contributed by atoms with Gasteiger partial charge in [-0.05, 0) is 43.8 Å². The Morgan fingerprint density at radius 3 is 3.11 bits per heavy atom. The lowest BCUT2D eigenvalue weighted by molar-refractivity contribution is 0.0425. The lowest BCUT2D eigenvalue weighted by Gasteiger charge is -2.44. The summed E-state index contributed by atoms with van der Waals surface area (Å²) in [5.41, 5.74) is 1.23. The van der Waals surface area contributed by atoms with Crippen molar-refractivity contribution in [3.63, 3.8) is 0 Å². The van der Waals surface area contributed by atoms with Crippen molar-refractivity contribution >= 4 is 23.4 Å². The van der Waals surface area contributed by atoms with E-state index < -0.39 is 0 Å². The summed E-state index contributed by atoms with van der Waals surface area (Å²) in [6, 6.07) is 6.32. The first-order valence-electron chi connectivity index (χ1n) is 6.46. The van der Waals surface area contributed by atoms with Gasteiger partial charge in [-0.3, -0.25) is 0 Å². The molecular weight excluding hydrogens is 266 g/mol. The van der Waals surface area contributed by atoms with Crippen molar-refractivity contribution in [3.8, 4) is 5.75 Å². The Bertz CT molecular complexity index is 445. The molecule has 1 aromatic rings. The van der Waals surface area contributed by atoms with Crippen LogP contribution < -0.4 is 10.1 Å². The van der Waals surface area contributed by atoms with E-state index in [4.69, 9.17) is 16.3 Å². The highest BCUT2D eigenvalue weighted by Crippen LogP contribution is 2.45. The molecule has 4 heteroatoms. The first-order chi connectivity index (χ1) is 8.72. The van der Waals surface area contributed by atoms with Crippen LogP contribution in [0.1, 0.15) is 30.9 Å². The van der Waals surface area contributed by atoms with Crippen molar-refractivity contribution in [1.82, 2.24) is 5.32 Å². The van der Waals surface area contributed by atoms with Gasteiger partial charge in [0.15, 0.2) is 0 Å². The molecule has 2 aliphatic rings. The lowest BCUT2D eigenvalue weighted by atomic mass is 9.85. The summed E-state index contributed by atoms with van der Waals surface area (Å²) >= 11 is 8.10. The van der Waals surface area contributed by atoms with Crippen molar-refractivity contribution in [2.24, 2.45) is 0 Å². The second-order valence-corrected chi connectivity index (χ2v) is 6.71. The maximum absolute atomic E-state index is 6.33. The molecule has 2 unspecified atom stereocenters. The molecule has 1 aromatic carbocycles. The van der Waals surface area contributed by atoms with Gasteiger partial charge in [0.25, 0.3) is 0 Å². The fourth-order valence-corrected chi connectivity index (χ4v) is 4.33. The zero-order chi connectivity index (χ0) is 12.6. The molecule has 2 nitrogen and oxygen atoms in total. The Morgan fingerprint density at radius 2 is 2.39 bits per heavy atom. The van der Waals surface area contributed by atoms with Crippen LogP contribution in [0.15, 0.2) is 18.2 Å². The third-order valence-corrected chi connectivity index (χ3v) is 5.43. The van der Waals surface area contributed by atoms with E-state index >= 15 is 0 Å². The molecule has 1 spiro atoms. The van der Waals surface area contributed by atoms with Crippen LogP contribution in [0.2, 0.25) is 5.02 Å². The van der Waals surface area contributed by atoms with E-state index in [1.165, 1.54) is 24.2 Å². The van der Waals surface area contributed by atoms with Gasteiger partial charge in [0.05, 0.1) is 0 Å². The highest BCUT2D eigenvalue weighted by atomic mass is 35.5. The molecule has 0 saturated carbocycles. The van der Waals surface area contributed by atoms with Gasteiger partial charge in [0.2, 0.25) is 0 Å². The molecule has 1 fully saturated rings. The van der Waals surface area contributed by atoms with Gasteiger partial charge in [-0.1, -0.05) is 11.6 Å². The molecule has 0 amide bonds. The number of fused-ring (bicyclic) bond motifs is 1. The molecule has 18 heavy (non-hydrogen) atoms. The predicted octanol–water partition coefficient (Wildman–Crippen LogP) is 3.65. The Labute approximate surface area is 117 Å². The van der Waals surface area contributed by atoms with E-state index in [0.717, 1.165) is 22.9 Å². The summed E-state index contributed by atoms with van der Waals surface area (Å²) in [6.45, 7) is 0. The van der Waals surface area contributed by atoms with Gasteiger partial charge in [0, 0.05) is 28.8 Å². The number of hydrogen-bond donors (Lipinski definition) is 1. The molecule has 2 aliphatic heterocycles. The summed E-state index contributed by atoms with van der Waals surface area (Å²) in [6.07, 6.45) is 3.47. The Balaban J connectivity index is 1.96. The molecule has 3 rings (SSSR count). The third kappa shape index (κ3) is 2.24. The minimum Gasteiger partial charge on any atom is -0.486 e. The first kappa shape index (κ1) is 12.6. The van der Waals surface area contributed by atoms with Gasteiger partial charge in [0.1, 0.15) is 11.4 Å². The second-order valence-electron chi connectivity index (χ2n) is 5.17. The average molecular weight is 284 g/mol. The summed E-state index contributed by atoms with van der Waals surface area (Å²) in [7, 11) is 2.02. The van der Waals surface area contributed by atoms with Gasteiger partial charge < -0.3 is 10.1 Å². The van der Waals surface area contributed by atoms with Crippen LogP contribution in [-0.4, -0.2) is 24.2 Å². The molecule has 1 saturated heterocycles. The highest BCUT2D eigenvalue weighted by Gasteiger charge is 2.41. The summed E-state index contributed by atoms with van der Waals surface area (Å²) in [4.78, 5) is 0. The fraction of sp³-hybridized carbons (Fsp3) is 0.571. The third-order valence-electron chi connectivity index (χ3n) is 3.88. The van der Waals surface area contributed by atoms with Gasteiger partial charge >= 0.3 is 0 Å². The molecule has 2 heterocycles. The van der Waals surface area contributed by atoms with Crippen LogP contribution in [0, 0.1) is 0 Å². The van der Waals surface area contributed by atoms with Crippen molar-refractivity contribution in [2.75, 3.05) is 18.6 Å². The van der Waals surface area contributed by atoms with Crippen LogP contribution in [0.25, 0.3) is 0 Å². The second kappa shape index (κ2) is 4.95. The van der Waals surface area contributed by atoms with E-state index in [-0.39, 0.29) is 5.60 Å². The molecule has 0 aliphatic carbocycles. The molecule has 0 bridgehead atoms. The van der Waals surface area contributed by atoms with Crippen LogP contribution in [-0.2, 0) is 0 Å². The molecule has 0 radical (unpaired) electrons. The maximum atomic E-state index is 6.33. The Hall–Kier alpha value is -0.380. The monoisotopic (exact) mass is 283 g/mol. The minimum absolute atomic E-state index is 0.0252. The summed E-state index contributed by atoms with van der Waals surface area (Å²) < 4.78 is 6.33. The van der Waals surface area contributed by atoms with Gasteiger partial charge in [-0.25, -0.2) is 0 Å². The van der Waals surface area contributed by atoms with Crippen LogP contribution >= 0.6 is 23.4 Å². The lowest BCUT2D eigenvalue weighted by Crippen LogP contribution is -2.47. The number of benzene rings is 1.